The van der Waals surface area contributed by atoms with Gasteiger partial charge in [0.1, 0.15) is 11.6 Å². The molecule has 2 aromatic rings. The molecule has 0 spiro atoms. The lowest BCUT2D eigenvalue weighted by atomic mass is 9.91. The normalized spacial score (nSPS) is 12.4. The van der Waals surface area contributed by atoms with Crippen molar-refractivity contribution in [3.8, 4) is 29.8 Å². The highest BCUT2D eigenvalue weighted by atomic mass is 19.3. The van der Waals surface area contributed by atoms with Crippen molar-refractivity contribution < 1.29 is 28.4 Å². The second-order valence-corrected chi connectivity index (χ2v) is 7.41. The van der Waals surface area contributed by atoms with Gasteiger partial charge in [-0.3, -0.25) is 19.6 Å². The van der Waals surface area contributed by atoms with Gasteiger partial charge in [0.15, 0.2) is 0 Å². The molecule has 0 bridgehead atoms. The molecular formula is C25H20F2N4O4. The molecule has 2 atom stereocenters. The van der Waals surface area contributed by atoms with Crippen molar-refractivity contribution in [3.63, 3.8) is 0 Å². The molecule has 0 aromatic heterocycles. The number of carbonyl (C=O) groups is 3. The van der Waals surface area contributed by atoms with Gasteiger partial charge in [0.05, 0.1) is 11.6 Å². The molecule has 0 saturated heterocycles. The zero-order chi connectivity index (χ0) is 26.0. The Balaban J connectivity index is 2.16. The molecule has 1 unspecified atom stereocenters. The third-order valence-electron chi connectivity index (χ3n) is 4.78. The fourth-order valence-electron chi connectivity index (χ4n) is 2.94. The molecule has 3 amide bonds. The lowest BCUT2D eigenvalue weighted by Crippen LogP contribution is -2.68. The summed E-state index contributed by atoms with van der Waals surface area (Å²) in [5.41, 5.74) is 0.466. The van der Waals surface area contributed by atoms with Crippen LogP contribution >= 0.6 is 0 Å². The number of carbonyl (C=O) groups excluding carboxylic acids is 3. The minimum absolute atomic E-state index is 0.0226. The number of hydroxylamine groups is 1. The first-order valence-corrected chi connectivity index (χ1v) is 10.0. The highest BCUT2D eigenvalue weighted by Crippen LogP contribution is 2.21. The highest BCUT2D eigenvalue weighted by Gasteiger charge is 2.48. The lowest BCUT2D eigenvalue weighted by Gasteiger charge is -2.36. The van der Waals surface area contributed by atoms with Gasteiger partial charge < -0.3 is 10.6 Å². The first-order chi connectivity index (χ1) is 16.6. The Morgan fingerprint density at radius 2 is 1.43 bits per heavy atom. The second-order valence-electron chi connectivity index (χ2n) is 7.41. The van der Waals surface area contributed by atoms with Crippen molar-refractivity contribution in [1.29, 1.82) is 5.26 Å². The zero-order valence-electron chi connectivity index (χ0n) is 18.6. The Morgan fingerprint density at radius 1 is 0.943 bits per heavy atom. The number of benzene rings is 2. The van der Waals surface area contributed by atoms with Crippen molar-refractivity contribution >= 4 is 17.7 Å². The average Bonchev–Trinajstić information content (AvgIpc) is 2.84. The van der Waals surface area contributed by atoms with Gasteiger partial charge in [0.25, 0.3) is 18.2 Å². The smallest absolute Gasteiger partial charge is 0.268 e. The maximum Gasteiger partial charge on any atom is 0.268 e. The molecular weight excluding hydrogens is 458 g/mol. The van der Waals surface area contributed by atoms with Crippen molar-refractivity contribution in [2.75, 3.05) is 0 Å². The fourth-order valence-corrected chi connectivity index (χ4v) is 2.94. The molecule has 0 heterocycles. The van der Waals surface area contributed by atoms with E-state index < -0.39 is 35.7 Å². The van der Waals surface area contributed by atoms with Crippen LogP contribution in [0, 0.1) is 35.0 Å². The maximum absolute atomic E-state index is 13.7. The van der Waals surface area contributed by atoms with Crippen molar-refractivity contribution in [2.24, 2.45) is 0 Å². The van der Waals surface area contributed by atoms with E-state index in [9.17, 15) is 23.2 Å². The first kappa shape index (κ1) is 26.5. The Kier molecular flexibility index (Phi) is 9.05. The van der Waals surface area contributed by atoms with E-state index >= 15 is 0 Å². The molecule has 35 heavy (non-hydrogen) atoms. The summed E-state index contributed by atoms with van der Waals surface area (Å²) in [7, 11) is 0. The summed E-state index contributed by atoms with van der Waals surface area (Å²) < 4.78 is 27.4. The number of rotatable bonds is 6. The largest absolute Gasteiger partial charge is 0.343 e. The standard InChI is InChI=1S/C25H20F2N4O4/c1-16(32)30-25(2,24(26)27)21(23(34)31-35)29-22(33)20-13-11-18(12-14-20)6-4-3-5-17-7-9-19(15-28)10-8-17/h7-14,21,24,35H,1-2H3,(H,29,33)(H,30,32)(H,31,34)/t21-,25?/m1/s1. The molecule has 0 radical (unpaired) electrons. The Morgan fingerprint density at radius 3 is 1.86 bits per heavy atom. The van der Waals surface area contributed by atoms with E-state index in [4.69, 9.17) is 10.5 Å². The molecule has 0 fully saturated rings. The van der Waals surface area contributed by atoms with E-state index in [0.717, 1.165) is 13.8 Å². The monoisotopic (exact) mass is 478 g/mol. The third kappa shape index (κ3) is 7.13. The molecule has 0 aliphatic carbocycles. The predicted octanol–water partition coefficient (Wildman–Crippen LogP) is 1.73. The van der Waals surface area contributed by atoms with Gasteiger partial charge in [0.2, 0.25) is 5.91 Å². The summed E-state index contributed by atoms with van der Waals surface area (Å²) in [4.78, 5) is 36.0. The number of nitrogens with zero attached hydrogens (tertiary/aromatic N) is 1. The van der Waals surface area contributed by atoms with Gasteiger partial charge in [-0.2, -0.15) is 5.26 Å². The molecule has 0 aliphatic rings. The highest BCUT2D eigenvalue weighted by molar-refractivity contribution is 5.98. The molecule has 4 N–H and O–H groups in total. The second kappa shape index (κ2) is 11.9. The molecule has 178 valence electrons. The average molecular weight is 478 g/mol. The van der Waals surface area contributed by atoms with E-state index in [1.165, 1.54) is 29.7 Å². The number of nitriles is 1. The van der Waals surface area contributed by atoms with Crippen LogP contribution in [0.15, 0.2) is 48.5 Å². The van der Waals surface area contributed by atoms with Crippen LogP contribution in [0.1, 0.15) is 40.9 Å². The quantitative estimate of drug-likeness (QED) is 0.285. The summed E-state index contributed by atoms with van der Waals surface area (Å²) in [6, 6.07) is 12.4. The minimum atomic E-state index is -3.25. The number of hydrogen-bond acceptors (Lipinski definition) is 5. The van der Waals surface area contributed by atoms with E-state index in [1.54, 1.807) is 24.3 Å². The minimum Gasteiger partial charge on any atom is -0.343 e. The van der Waals surface area contributed by atoms with Gasteiger partial charge in [-0.05, 0) is 67.3 Å². The molecule has 2 rings (SSSR count). The van der Waals surface area contributed by atoms with Gasteiger partial charge >= 0.3 is 0 Å². The van der Waals surface area contributed by atoms with Crippen LogP contribution in [0.2, 0.25) is 0 Å². The van der Waals surface area contributed by atoms with Gasteiger partial charge in [-0.25, -0.2) is 14.3 Å². The van der Waals surface area contributed by atoms with Crippen LogP contribution in [0.5, 0.6) is 0 Å². The van der Waals surface area contributed by atoms with E-state index in [-0.39, 0.29) is 5.56 Å². The van der Waals surface area contributed by atoms with E-state index in [1.807, 2.05) is 11.4 Å². The van der Waals surface area contributed by atoms with Gasteiger partial charge in [-0.1, -0.05) is 11.8 Å². The summed E-state index contributed by atoms with van der Waals surface area (Å²) in [6.07, 6.45) is -3.25. The van der Waals surface area contributed by atoms with Crippen LogP contribution in [-0.4, -0.2) is 40.9 Å². The summed E-state index contributed by atoms with van der Waals surface area (Å²) >= 11 is 0. The summed E-state index contributed by atoms with van der Waals surface area (Å²) in [5.74, 6) is 7.84. The number of amides is 3. The third-order valence-corrected chi connectivity index (χ3v) is 4.78. The van der Waals surface area contributed by atoms with Crippen molar-refractivity contribution in [1.82, 2.24) is 16.1 Å². The van der Waals surface area contributed by atoms with Gasteiger partial charge in [0, 0.05) is 23.6 Å². The molecule has 0 saturated carbocycles. The number of alkyl halides is 2. The van der Waals surface area contributed by atoms with Crippen molar-refractivity contribution in [3.05, 3.63) is 70.8 Å². The summed E-state index contributed by atoms with van der Waals surface area (Å²) in [6.45, 7) is 1.85. The number of halogens is 2. The number of nitrogens with one attached hydrogen (secondary N) is 3. The van der Waals surface area contributed by atoms with Gasteiger partial charge in [-0.15, -0.1) is 0 Å². The predicted molar refractivity (Wildman–Crippen MR) is 121 cm³/mol. The van der Waals surface area contributed by atoms with Crippen LogP contribution in [0.3, 0.4) is 0 Å². The summed E-state index contributed by atoms with van der Waals surface area (Å²) in [5, 5.41) is 21.8. The molecule has 0 aliphatic heterocycles. The maximum atomic E-state index is 13.7. The molecule has 8 nitrogen and oxygen atoms in total. The Bertz CT molecular complexity index is 1260. The van der Waals surface area contributed by atoms with Crippen LogP contribution in [-0.2, 0) is 9.59 Å². The van der Waals surface area contributed by atoms with Crippen molar-refractivity contribution in [2.45, 2.75) is 31.9 Å². The Hall–Kier alpha value is -4.72. The SMILES string of the molecule is CC(=O)NC(C)(C(F)F)[C@H](NC(=O)c1ccc(C#CC#Cc2ccc(C#N)cc2)cc1)C(=O)NO. The Labute approximate surface area is 200 Å². The molecule has 10 heteroatoms. The van der Waals surface area contributed by atoms with Crippen LogP contribution in [0.25, 0.3) is 0 Å². The van der Waals surface area contributed by atoms with E-state index in [0.29, 0.717) is 16.7 Å². The fraction of sp³-hybridized carbons (Fsp3) is 0.200. The molecule has 2 aromatic carbocycles. The first-order valence-electron chi connectivity index (χ1n) is 10.0. The van der Waals surface area contributed by atoms with Crippen LogP contribution in [0.4, 0.5) is 8.78 Å². The lowest BCUT2D eigenvalue weighted by molar-refractivity contribution is -0.137. The topological polar surface area (TPSA) is 131 Å². The number of hydrogen-bond donors (Lipinski definition) is 4. The van der Waals surface area contributed by atoms with Crippen LogP contribution < -0.4 is 16.1 Å². The zero-order valence-corrected chi connectivity index (χ0v) is 18.6. The van der Waals surface area contributed by atoms with E-state index in [2.05, 4.69) is 29.0 Å².